The summed E-state index contributed by atoms with van der Waals surface area (Å²) in [6.45, 7) is 1.48. The molecule has 2 saturated heterocycles. The molecule has 3 heterocycles. The zero-order valence-corrected chi connectivity index (χ0v) is 16.5. The van der Waals surface area contributed by atoms with E-state index >= 15 is 0 Å². The predicted octanol–water partition coefficient (Wildman–Crippen LogP) is 3.89. The summed E-state index contributed by atoms with van der Waals surface area (Å²) in [4.78, 5) is 2.03. The maximum absolute atomic E-state index is 14.2. The number of aryl methyl sites for hydroxylation is 1. The molecule has 1 aromatic carbocycles. The molecule has 2 fully saturated rings. The lowest BCUT2D eigenvalue weighted by Crippen LogP contribution is -2.67. The van der Waals surface area contributed by atoms with Gasteiger partial charge in [-0.1, -0.05) is 12.1 Å². The molecule has 0 amide bonds. The molecule has 8 heteroatoms. The summed E-state index contributed by atoms with van der Waals surface area (Å²) in [5.41, 5.74) is -0.893. The van der Waals surface area contributed by atoms with Gasteiger partial charge in [0.1, 0.15) is 0 Å². The summed E-state index contributed by atoms with van der Waals surface area (Å²) >= 11 is 0. The molecule has 2 aromatic rings. The van der Waals surface area contributed by atoms with Gasteiger partial charge in [0.25, 0.3) is 0 Å². The normalized spacial score (nSPS) is 26.9. The van der Waals surface area contributed by atoms with Crippen LogP contribution in [0.3, 0.4) is 0 Å². The fourth-order valence-electron chi connectivity index (χ4n) is 4.85. The SMILES string of the molecule is N#Cc1ccc(CC[C@@]2([C@@]3(C(F)(F)F)CCO3)CCN(Cc3cccnn3)C2)cc1. The van der Waals surface area contributed by atoms with Crippen LogP contribution in [0.4, 0.5) is 13.2 Å². The van der Waals surface area contributed by atoms with Gasteiger partial charge >= 0.3 is 6.18 Å². The van der Waals surface area contributed by atoms with Crippen molar-refractivity contribution in [1.29, 1.82) is 5.26 Å². The van der Waals surface area contributed by atoms with E-state index in [-0.39, 0.29) is 13.0 Å². The number of ether oxygens (including phenoxy) is 1. The zero-order valence-electron chi connectivity index (χ0n) is 16.5. The Morgan fingerprint density at radius 3 is 2.50 bits per heavy atom. The highest BCUT2D eigenvalue weighted by Gasteiger charge is 2.71. The van der Waals surface area contributed by atoms with Crippen LogP contribution in [0.2, 0.25) is 0 Å². The van der Waals surface area contributed by atoms with Gasteiger partial charge in [0.15, 0.2) is 5.60 Å². The van der Waals surface area contributed by atoms with E-state index in [0.29, 0.717) is 44.5 Å². The molecule has 158 valence electrons. The lowest BCUT2D eigenvalue weighted by molar-refractivity contribution is -0.366. The summed E-state index contributed by atoms with van der Waals surface area (Å²) in [6.07, 6.45) is -1.54. The van der Waals surface area contributed by atoms with Crippen molar-refractivity contribution in [3.63, 3.8) is 0 Å². The van der Waals surface area contributed by atoms with E-state index in [2.05, 4.69) is 16.3 Å². The van der Waals surface area contributed by atoms with Crippen LogP contribution in [0, 0.1) is 16.7 Å². The molecule has 0 N–H and O–H groups in total. The number of hydrogen-bond acceptors (Lipinski definition) is 5. The van der Waals surface area contributed by atoms with E-state index in [1.54, 1.807) is 24.4 Å². The van der Waals surface area contributed by atoms with Crippen LogP contribution in [0.5, 0.6) is 0 Å². The maximum Gasteiger partial charge on any atom is 0.418 e. The number of halogens is 3. The Labute approximate surface area is 173 Å². The third-order valence-electron chi connectivity index (χ3n) is 6.54. The molecule has 5 nitrogen and oxygen atoms in total. The Morgan fingerprint density at radius 1 is 1.17 bits per heavy atom. The topological polar surface area (TPSA) is 62.0 Å². The fourth-order valence-corrected chi connectivity index (χ4v) is 4.85. The number of nitrogens with zero attached hydrogens (tertiary/aromatic N) is 4. The minimum Gasteiger partial charge on any atom is -0.365 e. The highest BCUT2D eigenvalue weighted by Crippen LogP contribution is 2.59. The van der Waals surface area contributed by atoms with Gasteiger partial charge in [-0.3, -0.25) is 4.90 Å². The maximum atomic E-state index is 14.2. The Kier molecular flexibility index (Phi) is 5.51. The van der Waals surface area contributed by atoms with Crippen molar-refractivity contribution in [1.82, 2.24) is 15.1 Å². The Bertz CT molecular complexity index is 907. The Hall–Kier alpha value is -2.50. The van der Waals surface area contributed by atoms with Crippen LogP contribution < -0.4 is 0 Å². The van der Waals surface area contributed by atoms with Gasteiger partial charge in [-0.15, -0.1) is 0 Å². The second-order valence-corrected chi connectivity index (χ2v) is 8.19. The van der Waals surface area contributed by atoms with Crippen LogP contribution in [0.15, 0.2) is 42.6 Å². The minimum absolute atomic E-state index is 0.00283. The molecule has 2 atom stereocenters. The number of benzene rings is 1. The quantitative estimate of drug-likeness (QED) is 0.715. The van der Waals surface area contributed by atoms with E-state index in [0.717, 1.165) is 11.3 Å². The lowest BCUT2D eigenvalue weighted by Gasteiger charge is -2.54. The number of hydrogen-bond donors (Lipinski definition) is 0. The summed E-state index contributed by atoms with van der Waals surface area (Å²) in [7, 11) is 0. The van der Waals surface area contributed by atoms with E-state index in [4.69, 9.17) is 10.00 Å². The van der Waals surface area contributed by atoms with Gasteiger partial charge in [-0.05, 0) is 55.6 Å². The van der Waals surface area contributed by atoms with Gasteiger partial charge in [0, 0.05) is 31.1 Å². The molecule has 2 aliphatic rings. The number of likely N-dealkylation sites (tertiary alicyclic amines) is 1. The summed E-state index contributed by atoms with van der Waals surface area (Å²) in [5, 5.41) is 16.9. The molecule has 30 heavy (non-hydrogen) atoms. The predicted molar refractivity (Wildman–Crippen MR) is 103 cm³/mol. The first-order chi connectivity index (χ1) is 14.4. The molecule has 0 bridgehead atoms. The van der Waals surface area contributed by atoms with Crippen molar-refractivity contribution in [3.05, 3.63) is 59.4 Å². The first kappa shape index (κ1) is 20.8. The van der Waals surface area contributed by atoms with Crippen LogP contribution in [0.1, 0.15) is 36.1 Å². The zero-order chi connectivity index (χ0) is 21.2. The van der Waals surface area contributed by atoms with Gasteiger partial charge < -0.3 is 4.74 Å². The third kappa shape index (κ3) is 3.68. The molecule has 0 radical (unpaired) electrons. The molecule has 2 aliphatic heterocycles. The summed E-state index contributed by atoms with van der Waals surface area (Å²) < 4.78 is 48.1. The second kappa shape index (κ2) is 7.97. The van der Waals surface area contributed by atoms with Gasteiger partial charge in [-0.2, -0.15) is 28.6 Å². The highest BCUT2D eigenvalue weighted by atomic mass is 19.4. The first-order valence-corrected chi connectivity index (χ1v) is 10.1. The van der Waals surface area contributed by atoms with Crippen LogP contribution in [-0.2, 0) is 17.7 Å². The summed E-state index contributed by atoms with van der Waals surface area (Å²) in [6, 6.07) is 12.7. The molecule has 0 unspecified atom stereocenters. The van der Waals surface area contributed by atoms with Crippen LogP contribution in [-0.4, -0.2) is 46.6 Å². The molecule has 0 spiro atoms. The minimum atomic E-state index is -4.42. The molecule has 4 rings (SSSR count). The number of nitriles is 1. The Balaban J connectivity index is 1.57. The number of alkyl halides is 3. The van der Waals surface area contributed by atoms with Crippen molar-refractivity contribution < 1.29 is 17.9 Å². The fraction of sp³-hybridized carbons (Fsp3) is 0.500. The smallest absolute Gasteiger partial charge is 0.365 e. The van der Waals surface area contributed by atoms with E-state index < -0.39 is 17.2 Å². The first-order valence-electron chi connectivity index (χ1n) is 10.1. The molecular formula is C22H23F3N4O. The molecular weight excluding hydrogens is 393 g/mol. The van der Waals surface area contributed by atoms with Crippen molar-refractivity contribution in [2.75, 3.05) is 19.7 Å². The van der Waals surface area contributed by atoms with Crippen molar-refractivity contribution in [2.45, 2.75) is 44.0 Å². The highest BCUT2D eigenvalue weighted by molar-refractivity contribution is 5.32. The van der Waals surface area contributed by atoms with Crippen LogP contribution >= 0.6 is 0 Å². The third-order valence-corrected chi connectivity index (χ3v) is 6.54. The summed E-state index contributed by atoms with van der Waals surface area (Å²) in [5.74, 6) is 0. The van der Waals surface area contributed by atoms with Crippen molar-refractivity contribution >= 4 is 0 Å². The van der Waals surface area contributed by atoms with Gasteiger partial charge in [0.2, 0.25) is 0 Å². The second-order valence-electron chi connectivity index (χ2n) is 8.19. The lowest BCUT2D eigenvalue weighted by atomic mass is 9.63. The average molecular weight is 416 g/mol. The standard InChI is InChI=1S/C22H23F3N4O/c23-22(24,25)21(10-13-30-21)20(8-7-17-3-5-18(14-26)6-4-17)9-12-29(16-20)15-19-2-1-11-27-28-19/h1-6,11H,7-10,12-13,15-16H2/t20-,21-/m1/s1. The monoisotopic (exact) mass is 416 g/mol. The number of aromatic nitrogens is 2. The molecule has 0 saturated carbocycles. The van der Waals surface area contributed by atoms with Crippen molar-refractivity contribution in [2.24, 2.45) is 5.41 Å². The van der Waals surface area contributed by atoms with E-state index in [1.807, 2.05) is 23.1 Å². The van der Waals surface area contributed by atoms with Crippen molar-refractivity contribution in [3.8, 4) is 6.07 Å². The average Bonchev–Trinajstić information content (AvgIpc) is 3.09. The van der Waals surface area contributed by atoms with Crippen LogP contribution in [0.25, 0.3) is 0 Å². The van der Waals surface area contributed by atoms with Gasteiger partial charge in [0.05, 0.1) is 23.9 Å². The molecule has 1 aromatic heterocycles. The number of rotatable bonds is 6. The Morgan fingerprint density at radius 2 is 1.93 bits per heavy atom. The van der Waals surface area contributed by atoms with E-state index in [1.165, 1.54) is 0 Å². The molecule has 0 aliphatic carbocycles. The van der Waals surface area contributed by atoms with Gasteiger partial charge in [-0.25, -0.2) is 0 Å². The van der Waals surface area contributed by atoms with E-state index in [9.17, 15) is 13.2 Å². The largest absolute Gasteiger partial charge is 0.418 e.